The largest absolute Gasteiger partial charge is 0.308 e. The Morgan fingerprint density at radius 2 is 1.95 bits per heavy atom. The van der Waals surface area contributed by atoms with Crippen molar-refractivity contribution in [1.82, 2.24) is 20.2 Å². The van der Waals surface area contributed by atoms with Crippen LogP contribution in [0.1, 0.15) is 35.9 Å². The Hall–Kier alpha value is -1.30. The van der Waals surface area contributed by atoms with Gasteiger partial charge in [0.15, 0.2) is 0 Å². The zero-order valence-corrected chi connectivity index (χ0v) is 14.1. The lowest BCUT2D eigenvalue weighted by Gasteiger charge is -2.14. The van der Waals surface area contributed by atoms with E-state index >= 15 is 0 Å². The van der Waals surface area contributed by atoms with Gasteiger partial charge in [0.05, 0.1) is 11.4 Å². The van der Waals surface area contributed by atoms with Gasteiger partial charge in [-0.3, -0.25) is 9.88 Å². The number of pyridine rings is 1. The lowest BCUT2D eigenvalue weighted by atomic mass is 10.3. The van der Waals surface area contributed by atoms with E-state index in [9.17, 15) is 0 Å². The van der Waals surface area contributed by atoms with E-state index in [-0.39, 0.29) is 0 Å². The summed E-state index contributed by atoms with van der Waals surface area (Å²) >= 11 is 1.73. The second-order valence-corrected chi connectivity index (χ2v) is 6.65. The molecular formula is C16H24N4S. The van der Waals surface area contributed by atoms with Gasteiger partial charge in [-0.25, -0.2) is 4.98 Å². The Balaban J connectivity index is 1.86. The molecule has 0 aromatic carbocycles. The molecule has 0 bridgehead atoms. The molecule has 4 nitrogen and oxygen atoms in total. The van der Waals surface area contributed by atoms with Crippen molar-refractivity contribution in [3.63, 3.8) is 0 Å². The first-order valence-electron chi connectivity index (χ1n) is 7.30. The van der Waals surface area contributed by atoms with Crippen LogP contribution in [-0.4, -0.2) is 28.0 Å². The SMILES string of the molecule is Cc1cccc(CN(C)Cc2csc(CNC(C)C)n2)n1. The summed E-state index contributed by atoms with van der Waals surface area (Å²) in [5, 5.41) is 6.70. The highest BCUT2D eigenvalue weighted by Crippen LogP contribution is 2.12. The monoisotopic (exact) mass is 304 g/mol. The van der Waals surface area contributed by atoms with Gasteiger partial charge in [-0.2, -0.15) is 0 Å². The first kappa shape index (κ1) is 16.1. The molecule has 0 aliphatic carbocycles. The quantitative estimate of drug-likeness (QED) is 0.854. The van der Waals surface area contributed by atoms with E-state index in [1.165, 1.54) is 0 Å². The van der Waals surface area contributed by atoms with Crippen molar-refractivity contribution in [3.8, 4) is 0 Å². The number of aryl methyl sites for hydroxylation is 1. The normalized spacial score (nSPS) is 11.5. The number of rotatable bonds is 7. The van der Waals surface area contributed by atoms with Crippen LogP contribution in [0.15, 0.2) is 23.6 Å². The minimum atomic E-state index is 0.493. The van der Waals surface area contributed by atoms with Crippen LogP contribution in [0.4, 0.5) is 0 Å². The smallest absolute Gasteiger partial charge is 0.107 e. The molecule has 1 N–H and O–H groups in total. The van der Waals surface area contributed by atoms with Crippen LogP contribution in [-0.2, 0) is 19.6 Å². The molecule has 0 aliphatic heterocycles. The number of hydrogen-bond acceptors (Lipinski definition) is 5. The van der Waals surface area contributed by atoms with Gasteiger partial charge in [0.1, 0.15) is 5.01 Å². The molecule has 0 saturated carbocycles. The topological polar surface area (TPSA) is 41.0 Å². The van der Waals surface area contributed by atoms with E-state index in [4.69, 9.17) is 0 Å². The first-order chi connectivity index (χ1) is 10.0. The zero-order chi connectivity index (χ0) is 15.2. The predicted octanol–water partition coefficient (Wildman–Crippen LogP) is 2.98. The van der Waals surface area contributed by atoms with Crippen LogP contribution in [0.3, 0.4) is 0 Å². The fourth-order valence-electron chi connectivity index (χ4n) is 2.09. The average Bonchev–Trinajstić information content (AvgIpc) is 2.83. The fraction of sp³-hybridized carbons (Fsp3) is 0.500. The molecule has 2 rings (SSSR count). The molecule has 0 aliphatic rings. The maximum Gasteiger partial charge on any atom is 0.107 e. The lowest BCUT2D eigenvalue weighted by Crippen LogP contribution is -2.22. The Morgan fingerprint density at radius 1 is 1.19 bits per heavy atom. The molecule has 2 heterocycles. The van der Waals surface area contributed by atoms with Crippen molar-refractivity contribution in [1.29, 1.82) is 0 Å². The van der Waals surface area contributed by atoms with Crippen molar-refractivity contribution >= 4 is 11.3 Å². The Bertz CT molecular complexity index is 565. The molecule has 0 unspecified atom stereocenters. The Kier molecular flexibility index (Phi) is 5.85. The molecule has 2 aromatic heterocycles. The molecular weight excluding hydrogens is 280 g/mol. The van der Waals surface area contributed by atoms with E-state index in [1.807, 2.05) is 13.0 Å². The number of nitrogens with zero attached hydrogens (tertiary/aromatic N) is 3. The summed E-state index contributed by atoms with van der Waals surface area (Å²) in [6.45, 7) is 8.88. The van der Waals surface area contributed by atoms with Crippen LogP contribution >= 0.6 is 11.3 Å². The summed E-state index contributed by atoms with van der Waals surface area (Å²) in [4.78, 5) is 11.5. The highest BCUT2D eigenvalue weighted by Gasteiger charge is 2.07. The van der Waals surface area contributed by atoms with E-state index in [0.717, 1.165) is 41.7 Å². The van der Waals surface area contributed by atoms with E-state index in [0.29, 0.717) is 6.04 Å². The predicted molar refractivity (Wildman–Crippen MR) is 88.2 cm³/mol. The van der Waals surface area contributed by atoms with Crippen LogP contribution < -0.4 is 5.32 Å². The average molecular weight is 304 g/mol. The van der Waals surface area contributed by atoms with Gasteiger partial charge in [-0.1, -0.05) is 19.9 Å². The maximum atomic E-state index is 4.68. The maximum absolute atomic E-state index is 4.68. The number of aromatic nitrogens is 2. The Labute approximate surface area is 131 Å². The van der Waals surface area contributed by atoms with Crippen molar-refractivity contribution < 1.29 is 0 Å². The van der Waals surface area contributed by atoms with E-state index in [2.05, 4.69) is 58.6 Å². The molecule has 0 saturated heterocycles. The Morgan fingerprint density at radius 3 is 2.67 bits per heavy atom. The molecule has 0 spiro atoms. The minimum Gasteiger partial charge on any atom is -0.308 e. The summed E-state index contributed by atoms with van der Waals surface area (Å²) in [6.07, 6.45) is 0. The van der Waals surface area contributed by atoms with Gasteiger partial charge in [0, 0.05) is 36.8 Å². The van der Waals surface area contributed by atoms with Crippen LogP contribution in [0.5, 0.6) is 0 Å². The summed E-state index contributed by atoms with van der Waals surface area (Å²) in [5.74, 6) is 0. The number of hydrogen-bond donors (Lipinski definition) is 1. The van der Waals surface area contributed by atoms with E-state index < -0.39 is 0 Å². The molecule has 0 amide bonds. The van der Waals surface area contributed by atoms with Crippen LogP contribution in [0, 0.1) is 6.92 Å². The second-order valence-electron chi connectivity index (χ2n) is 5.71. The van der Waals surface area contributed by atoms with Gasteiger partial charge in [0.25, 0.3) is 0 Å². The van der Waals surface area contributed by atoms with Gasteiger partial charge < -0.3 is 5.32 Å². The molecule has 2 aromatic rings. The lowest BCUT2D eigenvalue weighted by molar-refractivity contribution is 0.311. The van der Waals surface area contributed by atoms with Gasteiger partial charge >= 0.3 is 0 Å². The standard InChI is InChI=1S/C16H24N4S/c1-12(2)17-8-16-19-15(11-21-16)10-20(4)9-14-7-5-6-13(3)18-14/h5-7,11-12,17H,8-10H2,1-4H3. The molecule has 5 heteroatoms. The minimum absolute atomic E-state index is 0.493. The summed E-state index contributed by atoms with van der Waals surface area (Å²) in [7, 11) is 2.11. The molecule has 0 atom stereocenters. The molecule has 114 valence electrons. The first-order valence-corrected chi connectivity index (χ1v) is 8.18. The third-order valence-corrected chi connectivity index (χ3v) is 3.97. The summed E-state index contributed by atoms with van der Waals surface area (Å²) in [6, 6.07) is 6.65. The number of thiazole rings is 1. The van der Waals surface area contributed by atoms with Gasteiger partial charge in [0.2, 0.25) is 0 Å². The van der Waals surface area contributed by atoms with E-state index in [1.54, 1.807) is 11.3 Å². The van der Waals surface area contributed by atoms with Crippen LogP contribution in [0.25, 0.3) is 0 Å². The highest BCUT2D eigenvalue weighted by atomic mass is 32.1. The van der Waals surface area contributed by atoms with Crippen molar-refractivity contribution in [3.05, 3.63) is 45.7 Å². The van der Waals surface area contributed by atoms with Crippen molar-refractivity contribution in [2.75, 3.05) is 7.05 Å². The third-order valence-electron chi connectivity index (χ3n) is 3.07. The highest BCUT2D eigenvalue weighted by molar-refractivity contribution is 7.09. The second kappa shape index (κ2) is 7.64. The van der Waals surface area contributed by atoms with Crippen molar-refractivity contribution in [2.45, 2.75) is 46.4 Å². The third kappa shape index (κ3) is 5.53. The molecule has 21 heavy (non-hydrogen) atoms. The van der Waals surface area contributed by atoms with Gasteiger partial charge in [-0.15, -0.1) is 11.3 Å². The van der Waals surface area contributed by atoms with Crippen LogP contribution in [0.2, 0.25) is 0 Å². The van der Waals surface area contributed by atoms with Gasteiger partial charge in [-0.05, 0) is 26.1 Å². The molecule has 0 fully saturated rings. The summed E-state index contributed by atoms with van der Waals surface area (Å²) in [5.41, 5.74) is 3.31. The zero-order valence-electron chi connectivity index (χ0n) is 13.3. The number of nitrogens with one attached hydrogen (secondary N) is 1. The fourth-order valence-corrected chi connectivity index (χ4v) is 2.83. The van der Waals surface area contributed by atoms with Crippen molar-refractivity contribution in [2.24, 2.45) is 0 Å². The molecule has 0 radical (unpaired) electrons. The summed E-state index contributed by atoms with van der Waals surface area (Å²) < 4.78 is 0.